The van der Waals surface area contributed by atoms with E-state index in [1.54, 1.807) is 17.1 Å². The normalized spacial score (nSPS) is 20.1. The number of hydrogen-bond acceptors (Lipinski definition) is 7. The highest BCUT2D eigenvalue weighted by atomic mass is 19.3. The molecule has 0 spiro atoms. The SMILES string of the molecule is CC1CN(c2cc(F)c(-c3cnn(CCN4CCOCC4)c3)cc2NC(=O)c2cn(C)c(=O)cc2C(F)F)CC(C)N1C. The van der Waals surface area contributed by atoms with Gasteiger partial charge in [0.05, 0.1) is 42.9 Å². The fourth-order valence-corrected chi connectivity index (χ4v) is 5.64. The van der Waals surface area contributed by atoms with Gasteiger partial charge in [0, 0.05) is 87.0 Å². The van der Waals surface area contributed by atoms with Gasteiger partial charge in [-0.05, 0) is 33.0 Å². The lowest BCUT2D eigenvalue weighted by molar-refractivity contribution is 0.0360. The Labute approximate surface area is 248 Å². The number of benzene rings is 1. The van der Waals surface area contributed by atoms with E-state index in [9.17, 15) is 18.4 Å². The highest BCUT2D eigenvalue weighted by Crippen LogP contribution is 2.36. The van der Waals surface area contributed by atoms with E-state index < -0.39 is 29.3 Å². The second-order valence-electron chi connectivity index (χ2n) is 11.4. The lowest BCUT2D eigenvalue weighted by Crippen LogP contribution is -2.55. The molecule has 43 heavy (non-hydrogen) atoms. The van der Waals surface area contributed by atoms with Gasteiger partial charge in [0.1, 0.15) is 5.82 Å². The summed E-state index contributed by atoms with van der Waals surface area (Å²) in [5.74, 6) is -1.31. The minimum absolute atomic E-state index is 0.147. The molecule has 1 aromatic carbocycles. The van der Waals surface area contributed by atoms with Gasteiger partial charge in [-0.2, -0.15) is 5.10 Å². The monoisotopic (exact) mass is 601 g/mol. The average molecular weight is 602 g/mol. The number of pyridine rings is 1. The van der Waals surface area contributed by atoms with E-state index in [2.05, 4.69) is 34.1 Å². The Morgan fingerprint density at radius 1 is 1.07 bits per heavy atom. The van der Waals surface area contributed by atoms with Crippen molar-refractivity contribution in [3.8, 4) is 11.1 Å². The second kappa shape index (κ2) is 12.9. The van der Waals surface area contributed by atoms with Gasteiger partial charge in [0.25, 0.3) is 17.9 Å². The molecule has 232 valence electrons. The average Bonchev–Trinajstić information content (AvgIpc) is 3.45. The highest BCUT2D eigenvalue weighted by molar-refractivity contribution is 6.07. The van der Waals surface area contributed by atoms with E-state index in [0.717, 1.165) is 36.5 Å². The Bertz CT molecular complexity index is 1510. The van der Waals surface area contributed by atoms with Gasteiger partial charge in [-0.25, -0.2) is 13.2 Å². The number of halogens is 3. The quantitative estimate of drug-likeness (QED) is 0.424. The van der Waals surface area contributed by atoms with Crippen LogP contribution in [0.1, 0.15) is 36.2 Å². The topological polar surface area (TPSA) is 87.9 Å². The minimum Gasteiger partial charge on any atom is -0.379 e. The summed E-state index contributed by atoms with van der Waals surface area (Å²) >= 11 is 0. The van der Waals surface area contributed by atoms with Crippen LogP contribution in [0.2, 0.25) is 0 Å². The first-order valence-corrected chi connectivity index (χ1v) is 14.4. The summed E-state index contributed by atoms with van der Waals surface area (Å²) in [6.07, 6.45) is 1.40. The number of nitrogens with zero attached hydrogens (tertiary/aromatic N) is 6. The van der Waals surface area contributed by atoms with Crippen LogP contribution in [0.15, 0.2) is 41.6 Å². The van der Waals surface area contributed by atoms with Crippen LogP contribution in [0.25, 0.3) is 11.1 Å². The number of ether oxygens (including phenoxy) is 1. The number of likely N-dealkylation sites (N-methyl/N-ethyl adjacent to an activating group) is 1. The molecule has 1 N–H and O–H groups in total. The Morgan fingerprint density at radius 2 is 1.77 bits per heavy atom. The number of aromatic nitrogens is 3. The number of piperazine rings is 1. The van der Waals surface area contributed by atoms with E-state index in [1.165, 1.54) is 19.2 Å². The van der Waals surface area contributed by atoms with Gasteiger partial charge < -0.3 is 19.5 Å². The number of amides is 1. The van der Waals surface area contributed by atoms with Crippen molar-refractivity contribution in [2.75, 3.05) is 63.2 Å². The molecule has 2 unspecified atom stereocenters. The predicted octanol–water partition coefficient (Wildman–Crippen LogP) is 3.44. The van der Waals surface area contributed by atoms with Crippen molar-refractivity contribution in [1.82, 2.24) is 24.1 Å². The zero-order chi connectivity index (χ0) is 30.8. The molecule has 2 aromatic heterocycles. The maximum absolute atomic E-state index is 15.8. The first kappa shape index (κ1) is 30.8. The molecular formula is C30H38F3N7O3. The third kappa shape index (κ3) is 6.78. The molecule has 2 atom stereocenters. The molecule has 2 aliphatic rings. The first-order valence-electron chi connectivity index (χ1n) is 14.4. The number of aryl methyl sites for hydroxylation is 1. The predicted molar refractivity (Wildman–Crippen MR) is 158 cm³/mol. The van der Waals surface area contributed by atoms with Crippen molar-refractivity contribution in [1.29, 1.82) is 0 Å². The van der Waals surface area contributed by atoms with E-state index in [4.69, 9.17) is 4.74 Å². The standard InChI is InChI=1S/C30H38F3N7O3/c1-19-15-39(16-20(2)37(19)4)27-13-25(31)22(21-14-34-40(17-21)6-5-38-7-9-43-10-8-38)11-26(27)35-30(42)24-18-36(3)28(41)12-23(24)29(32)33/h11-14,17-20,29H,5-10,15-16H2,1-4H3,(H,35,42). The molecule has 5 rings (SSSR count). The third-order valence-electron chi connectivity index (χ3n) is 8.47. The molecule has 13 heteroatoms. The van der Waals surface area contributed by atoms with Crippen molar-refractivity contribution >= 4 is 17.3 Å². The maximum atomic E-state index is 15.8. The van der Waals surface area contributed by atoms with Crippen LogP contribution in [0.4, 0.5) is 24.5 Å². The largest absolute Gasteiger partial charge is 0.379 e. The maximum Gasteiger partial charge on any atom is 0.264 e. The van der Waals surface area contributed by atoms with Crippen molar-refractivity contribution in [2.45, 2.75) is 38.9 Å². The van der Waals surface area contributed by atoms with Gasteiger partial charge in [0.15, 0.2) is 0 Å². The molecule has 3 aromatic rings. The summed E-state index contributed by atoms with van der Waals surface area (Å²) in [5.41, 5.74) is -0.163. The van der Waals surface area contributed by atoms with Crippen LogP contribution in [-0.4, -0.2) is 95.1 Å². The Morgan fingerprint density at radius 3 is 2.44 bits per heavy atom. The number of rotatable bonds is 8. The zero-order valence-corrected chi connectivity index (χ0v) is 24.9. The molecule has 4 heterocycles. The van der Waals surface area contributed by atoms with Crippen LogP contribution >= 0.6 is 0 Å². The van der Waals surface area contributed by atoms with E-state index in [0.29, 0.717) is 44.1 Å². The van der Waals surface area contributed by atoms with Gasteiger partial charge >= 0.3 is 0 Å². The smallest absolute Gasteiger partial charge is 0.264 e. The van der Waals surface area contributed by atoms with Crippen LogP contribution in [0.5, 0.6) is 0 Å². The Kier molecular flexibility index (Phi) is 9.23. The number of hydrogen-bond donors (Lipinski definition) is 1. The molecule has 0 aliphatic carbocycles. The van der Waals surface area contributed by atoms with E-state index in [1.807, 2.05) is 11.9 Å². The van der Waals surface area contributed by atoms with Crippen molar-refractivity contribution in [2.24, 2.45) is 7.05 Å². The van der Waals surface area contributed by atoms with Crippen LogP contribution in [0.3, 0.4) is 0 Å². The molecular weight excluding hydrogens is 563 g/mol. The molecule has 2 aliphatic heterocycles. The fraction of sp³-hybridized carbons (Fsp3) is 0.500. The van der Waals surface area contributed by atoms with Crippen molar-refractivity contribution < 1.29 is 22.7 Å². The Balaban J connectivity index is 1.49. The molecule has 1 amide bonds. The van der Waals surface area contributed by atoms with Gasteiger partial charge in [0.2, 0.25) is 0 Å². The number of morpholine rings is 1. The van der Waals surface area contributed by atoms with Crippen LogP contribution in [-0.2, 0) is 18.3 Å². The summed E-state index contributed by atoms with van der Waals surface area (Å²) < 4.78 is 51.7. The summed E-state index contributed by atoms with van der Waals surface area (Å²) in [4.78, 5) is 32.0. The minimum atomic E-state index is -3.03. The molecule has 2 fully saturated rings. The van der Waals surface area contributed by atoms with Gasteiger partial charge in [-0.15, -0.1) is 0 Å². The summed E-state index contributed by atoms with van der Waals surface area (Å²) in [5, 5.41) is 7.18. The summed E-state index contributed by atoms with van der Waals surface area (Å²) in [6, 6.07) is 3.98. The number of anilines is 2. The number of carbonyl (C=O) groups excluding carboxylic acids is 1. The number of carbonyl (C=O) groups is 1. The van der Waals surface area contributed by atoms with E-state index >= 15 is 4.39 Å². The molecule has 0 bridgehead atoms. The molecule has 10 nitrogen and oxygen atoms in total. The summed E-state index contributed by atoms with van der Waals surface area (Å²) in [6.45, 7) is 9.75. The molecule has 0 saturated carbocycles. The van der Waals surface area contributed by atoms with Crippen molar-refractivity contribution in [3.63, 3.8) is 0 Å². The zero-order valence-electron chi connectivity index (χ0n) is 24.9. The van der Waals surface area contributed by atoms with Crippen LogP contribution in [0, 0.1) is 5.82 Å². The Hall–Kier alpha value is -3.68. The van der Waals surface area contributed by atoms with Gasteiger partial charge in [-0.1, -0.05) is 0 Å². The molecule has 2 saturated heterocycles. The second-order valence-corrected chi connectivity index (χ2v) is 11.4. The fourth-order valence-electron chi connectivity index (χ4n) is 5.64. The summed E-state index contributed by atoms with van der Waals surface area (Å²) in [7, 11) is 3.42. The van der Waals surface area contributed by atoms with Gasteiger partial charge in [-0.3, -0.25) is 24.1 Å². The van der Waals surface area contributed by atoms with Crippen LogP contribution < -0.4 is 15.8 Å². The molecule has 0 radical (unpaired) electrons. The number of nitrogens with one attached hydrogen (secondary N) is 1. The lowest BCUT2D eigenvalue weighted by Gasteiger charge is -2.44. The number of alkyl halides is 2. The highest BCUT2D eigenvalue weighted by Gasteiger charge is 2.30. The van der Waals surface area contributed by atoms with E-state index in [-0.39, 0.29) is 28.9 Å². The lowest BCUT2D eigenvalue weighted by atomic mass is 10.0. The van der Waals surface area contributed by atoms with Crippen molar-refractivity contribution in [3.05, 3.63) is 64.1 Å². The third-order valence-corrected chi connectivity index (χ3v) is 8.47. The first-order chi connectivity index (χ1) is 20.5.